The molecule has 0 spiro atoms. The molecule has 0 aromatic carbocycles. The molecule has 1 fully saturated rings. The van der Waals surface area contributed by atoms with Gasteiger partial charge in [0.2, 0.25) is 0 Å². The van der Waals surface area contributed by atoms with E-state index in [4.69, 9.17) is 4.42 Å². The van der Waals surface area contributed by atoms with Crippen LogP contribution in [0.15, 0.2) is 22.8 Å². The SMILES string of the molecule is Cc1coc(NC/C=C/C2CC2)n1. The van der Waals surface area contributed by atoms with Crippen LogP contribution in [-0.4, -0.2) is 11.5 Å². The van der Waals surface area contributed by atoms with E-state index in [-0.39, 0.29) is 0 Å². The molecule has 0 aliphatic heterocycles. The van der Waals surface area contributed by atoms with Crippen LogP contribution in [0.25, 0.3) is 0 Å². The van der Waals surface area contributed by atoms with Gasteiger partial charge in [-0.2, -0.15) is 4.98 Å². The molecule has 1 aliphatic carbocycles. The molecule has 1 aliphatic rings. The Bertz CT molecular complexity index is 300. The maximum absolute atomic E-state index is 5.13. The number of allylic oxidation sites excluding steroid dienone is 1. The van der Waals surface area contributed by atoms with E-state index < -0.39 is 0 Å². The fourth-order valence-electron chi connectivity index (χ4n) is 1.13. The van der Waals surface area contributed by atoms with Gasteiger partial charge in [0.05, 0.1) is 5.69 Å². The Labute approximate surface area is 77.9 Å². The highest BCUT2D eigenvalue weighted by atomic mass is 16.4. The molecule has 1 aromatic heterocycles. The van der Waals surface area contributed by atoms with Crippen LogP contribution >= 0.6 is 0 Å². The summed E-state index contributed by atoms with van der Waals surface area (Å²) in [6.45, 7) is 2.71. The summed E-state index contributed by atoms with van der Waals surface area (Å²) in [6.07, 6.45) is 8.75. The molecule has 3 heteroatoms. The highest BCUT2D eigenvalue weighted by molar-refractivity contribution is 5.22. The molecule has 0 atom stereocenters. The monoisotopic (exact) mass is 178 g/mol. The Morgan fingerprint density at radius 1 is 1.69 bits per heavy atom. The number of nitrogens with one attached hydrogen (secondary N) is 1. The number of aromatic nitrogens is 1. The zero-order valence-electron chi connectivity index (χ0n) is 7.79. The van der Waals surface area contributed by atoms with Crippen molar-refractivity contribution in [3.63, 3.8) is 0 Å². The van der Waals surface area contributed by atoms with E-state index in [1.54, 1.807) is 6.26 Å². The number of anilines is 1. The van der Waals surface area contributed by atoms with Crippen molar-refractivity contribution in [1.82, 2.24) is 4.98 Å². The van der Waals surface area contributed by atoms with Gasteiger partial charge in [0.1, 0.15) is 6.26 Å². The van der Waals surface area contributed by atoms with Crippen LogP contribution in [0.5, 0.6) is 0 Å². The van der Waals surface area contributed by atoms with E-state index >= 15 is 0 Å². The van der Waals surface area contributed by atoms with Crippen LogP contribution in [0.2, 0.25) is 0 Å². The van der Waals surface area contributed by atoms with E-state index in [1.165, 1.54) is 12.8 Å². The number of aryl methyl sites for hydroxylation is 1. The highest BCUT2D eigenvalue weighted by Gasteiger charge is 2.16. The third-order valence-electron chi connectivity index (χ3n) is 2.02. The highest BCUT2D eigenvalue weighted by Crippen LogP contribution is 2.29. The van der Waals surface area contributed by atoms with Crippen LogP contribution in [0, 0.1) is 12.8 Å². The lowest BCUT2D eigenvalue weighted by molar-refractivity contribution is 0.572. The molecule has 3 nitrogen and oxygen atoms in total. The van der Waals surface area contributed by atoms with Crippen LogP contribution < -0.4 is 5.32 Å². The fourth-order valence-corrected chi connectivity index (χ4v) is 1.13. The average molecular weight is 178 g/mol. The van der Waals surface area contributed by atoms with Gasteiger partial charge in [-0.25, -0.2) is 0 Å². The van der Waals surface area contributed by atoms with Crippen LogP contribution in [0.3, 0.4) is 0 Å². The van der Waals surface area contributed by atoms with Crippen molar-refractivity contribution in [2.45, 2.75) is 19.8 Å². The molecule has 1 heterocycles. The summed E-state index contributed by atoms with van der Waals surface area (Å²) in [5, 5.41) is 3.08. The molecule has 1 N–H and O–H groups in total. The van der Waals surface area contributed by atoms with E-state index in [2.05, 4.69) is 22.5 Å². The lowest BCUT2D eigenvalue weighted by Crippen LogP contribution is -1.98. The van der Waals surface area contributed by atoms with Gasteiger partial charge in [-0.15, -0.1) is 0 Å². The van der Waals surface area contributed by atoms with Crippen LogP contribution in [0.1, 0.15) is 18.5 Å². The Balaban J connectivity index is 1.72. The first-order chi connectivity index (χ1) is 6.34. The van der Waals surface area contributed by atoms with Crippen molar-refractivity contribution >= 4 is 6.01 Å². The number of rotatable bonds is 4. The molecule has 13 heavy (non-hydrogen) atoms. The Kier molecular flexibility index (Phi) is 2.34. The molecule has 0 unspecified atom stereocenters. The van der Waals surface area contributed by atoms with E-state index in [0.29, 0.717) is 6.01 Å². The molecule has 0 amide bonds. The molecule has 0 saturated heterocycles. The Morgan fingerprint density at radius 3 is 3.15 bits per heavy atom. The quantitative estimate of drug-likeness (QED) is 0.719. The van der Waals surface area contributed by atoms with Crippen molar-refractivity contribution in [2.24, 2.45) is 5.92 Å². The molecule has 2 rings (SSSR count). The fraction of sp³-hybridized carbons (Fsp3) is 0.500. The first-order valence-electron chi connectivity index (χ1n) is 4.67. The minimum Gasteiger partial charge on any atom is -0.432 e. The Hall–Kier alpha value is -1.25. The van der Waals surface area contributed by atoms with Crippen molar-refractivity contribution < 1.29 is 4.42 Å². The van der Waals surface area contributed by atoms with Crippen molar-refractivity contribution in [3.8, 4) is 0 Å². The molecule has 0 bridgehead atoms. The third kappa shape index (κ3) is 2.61. The summed E-state index contributed by atoms with van der Waals surface area (Å²) in [6, 6.07) is 0.609. The maximum Gasteiger partial charge on any atom is 0.294 e. The van der Waals surface area contributed by atoms with Crippen LogP contribution in [0.4, 0.5) is 6.01 Å². The van der Waals surface area contributed by atoms with Gasteiger partial charge in [0, 0.05) is 6.54 Å². The third-order valence-corrected chi connectivity index (χ3v) is 2.02. The smallest absolute Gasteiger partial charge is 0.294 e. The van der Waals surface area contributed by atoms with Crippen molar-refractivity contribution in [3.05, 3.63) is 24.1 Å². The predicted octanol–water partition coefficient (Wildman–Crippen LogP) is 2.36. The lowest BCUT2D eigenvalue weighted by Gasteiger charge is -1.94. The van der Waals surface area contributed by atoms with Crippen molar-refractivity contribution in [2.75, 3.05) is 11.9 Å². The predicted molar refractivity (Wildman–Crippen MR) is 51.6 cm³/mol. The average Bonchev–Trinajstić information content (AvgIpc) is 2.84. The minimum atomic E-state index is 0.609. The molecule has 0 radical (unpaired) electrons. The van der Waals surface area contributed by atoms with Gasteiger partial charge in [-0.05, 0) is 25.7 Å². The molecule has 70 valence electrons. The van der Waals surface area contributed by atoms with E-state index in [0.717, 1.165) is 18.2 Å². The zero-order valence-corrected chi connectivity index (χ0v) is 7.79. The lowest BCUT2D eigenvalue weighted by atomic mass is 10.4. The second-order valence-corrected chi connectivity index (χ2v) is 3.44. The molecular weight excluding hydrogens is 164 g/mol. The van der Waals surface area contributed by atoms with Gasteiger partial charge >= 0.3 is 0 Å². The zero-order chi connectivity index (χ0) is 9.10. The van der Waals surface area contributed by atoms with E-state index in [1.807, 2.05) is 6.92 Å². The topological polar surface area (TPSA) is 38.1 Å². The molecule has 1 aromatic rings. The number of hydrogen-bond donors (Lipinski definition) is 1. The first kappa shape index (κ1) is 8.35. The first-order valence-corrected chi connectivity index (χ1v) is 4.67. The number of hydrogen-bond acceptors (Lipinski definition) is 3. The van der Waals surface area contributed by atoms with Crippen molar-refractivity contribution in [1.29, 1.82) is 0 Å². The second kappa shape index (κ2) is 3.64. The van der Waals surface area contributed by atoms with Gasteiger partial charge in [-0.1, -0.05) is 12.2 Å². The van der Waals surface area contributed by atoms with E-state index in [9.17, 15) is 0 Å². The summed E-state index contributed by atoms with van der Waals surface area (Å²) >= 11 is 0. The second-order valence-electron chi connectivity index (χ2n) is 3.44. The standard InChI is InChI=1S/C10H14N2O/c1-8-7-13-10(12-8)11-6-2-3-9-4-5-9/h2-3,7,9H,4-6H2,1H3,(H,11,12)/b3-2+. The number of nitrogens with zero attached hydrogens (tertiary/aromatic N) is 1. The number of oxazole rings is 1. The maximum atomic E-state index is 5.13. The Morgan fingerprint density at radius 2 is 2.54 bits per heavy atom. The summed E-state index contributed by atoms with van der Waals surface area (Å²) in [4.78, 5) is 4.13. The van der Waals surface area contributed by atoms with Crippen LogP contribution in [-0.2, 0) is 0 Å². The van der Waals surface area contributed by atoms with Gasteiger partial charge in [0.25, 0.3) is 6.01 Å². The van der Waals surface area contributed by atoms with Gasteiger partial charge < -0.3 is 9.73 Å². The van der Waals surface area contributed by atoms with Gasteiger partial charge in [0.15, 0.2) is 0 Å². The molecular formula is C10H14N2O. The summed E-state index contributed by atoms with van der Waals surface area (Å²) in [5.41, 5.74) is 0.911. The normalized spacial score (nSPS) is 16.7. The summed E-state index contributed by atoms with van der Waals surface area (Å²) < 4.78 is 5.13. The van der Waals surface area contributed by atoms with Gasteiger partial charge in [-0.3, -0.25) is 0 Å². The summed E-state index contributed by atoms with van der Waals surface area (Å²) in [5.74, 6) is 0.841. The summed E-state index contributed by atoms with van der Waals surface area (Å²) in [7, 11) is 0. The largest absolute Gasteiger partial charge is 0.432 e. The molecule has 1 saturated carbocycles. The minimum absolute atomic E-state index is 0.609.